The second-order valence-corrected chi connectivity index (χ2v) is 4.38. The maximum absolute atomic E-state index is 13.1. The van der Waals surface area contributed by atoms with Gasteiger partial charge >= 0.3 is 0 Å². The van der Waals surface area contributed by atoms with Gasteiger partial charge in [-0.1, -0.05) is 12.2 Å². The third-order valence-corrected chi connectivity index (χ3v) is 2.78. The van der Waals surface area contributed by atoms with Gasteiger partial charge in [0.25, 0.3) is 5.91 Å². The lowest BCUT2D eigenvalue weighted by Gasteiger charge is -2.09. The number of rotatable bonds is 3. The van der Waals surface area contributed by atoms with Crippen LogP contribution in [-0.4, -0.2) is 10.9 Å². The molecule has 6 heteroatoms. The molecule has 0 radical (unpaired) electrons. The number of carbonyl (C=O) groups excluding carboxylic acids is 1. The average molecular weight is 278 g/mol. The zero-order valence-corrected chi connectivity index (χ0v) is 10.9. The molecule has 0 saturated carbocycles. The van der Waals surface area contributed by atoms with E-state index in [0.717, 1.165) is 0 Å². The number of hydrogen-bond acceptors (Lipinski definition) is 3. The molecule has 1 aromatic carbocycles. The first-order valence-corrected chi connectivity index (χ1v) is 5.84. The van der Waals surface area contributed by atoms with E-state index in [1.165, 1.54) is 24.5 Å². The highest BCUT2D eigenvalue weighted by Crippen LogP contribution is 2.19. The highest BCUT2D eigenvalue weighted by atomic mass is 32.1. The number of aryl methyl sites for hydroxylation is 1. The lowest BCUT2D eigenvalue weighted by molar-refractivity contribution is 0.0996. The van der Waals surface area contributed by atoms with E-state index < -0.39 is 11.7 Å². The van der Waals surface area contributed by atoms with Gasteiger partial charge in [0.2, 0.25) is 0 Å². The first kappa shape index (κ1) is 13.2. The lowest BCUT2D eigenvalue weighted by atomic mass is 10.1. The van der Waals surface area contributed by atoms with Gasteiger partial charge in [-0.2, -0.15) is 0 Å². The largest absolute Gasteiger partial charge is 0.459 e. The van der Waals surface area contributed by atoms with E-state index >= 15 is 0 Å². The predicted octanol–water partition coefficient (Wildman–Crippen LogP) is 2.61. The molecule has 0 aliphatic heterocycles. The minimum absolute atomic E-state index is 0.00552. The predicted molar refractivity (Wildman–Crippen MR) is 73.7 cm³/mol. The second-order valence-electron chi connectivity index (χ2n) is 3.94. The van der Waals surface area contributed by atoms with Crippen LogP contribution in [0.25, 0.3) is 0 Å². The SMILES string of the molecule is Cc1ccoc1C(=O)Nc1ccc(F)cc1C(N)=S. The Labute approximate surface area is 114 Å². The zero-order chi connectivity index (χ0) is 14.0. The van der Waals surface area contributed by atoms with E-state index in [4.69, 9.17) is 22.4 Å². The van der Waals surface area contributed by atoms with Crippen molar-refractivity contribution in [2.24, 2.45) is 5.73 Å². The van der Waals surface area contributed by atoms with Crippen molar-refractivity contribution in [2.45, 2.75) is 6.92 Å². The molecular weight excluding hydrogens is 267 g/mol. The van der Waals surface area contributed by atoms with Gasteiger partial charge in [0.05, 0.1) is 12.0 Å². The number of nitrogens with two attached hydrogens (primary N) is 1. The Bertz CT molecular complexity index is 652. The molecular formula is C13H11FN2O2S. The Morgan fingerprint density at radius 3 is 2.74 bits per heavy atom. The van der Waals surface area contributed by atoms with Crippen LogP contribution in [0, 0.1) is 12.7 Å². The molecule has 0 spiro atoms. The van der Waals surface area contributed by atoms with E-state index in [-0.39, 0.29) is 16.3 Å². The molecule has 0 saturated heterocycles. The molecule has 19 heavy (non-hydrogen) atoms. The Hall–Kier alpha value is -2.21. The van der Waals surface area contributed by atoms with Crippen LogP contribution < -0.4 is 11.1 Å². The standard InChI is InChI=1S/C13H11FN2O2S/c1-7-4-5-18-11(7)13(17)16-10-3-2-8(14)6-9(10)12(15)19/h2-6H,1H3,(H2,15,19)(H,16,17). The topological polar surface area (TPSA) is 68.3 Å². The normalized spacial score (nSPS) is 10.2. The summed E-state index contributed by atoms with van der Waals surface area (Å²) in [6.07, 6.45) is 1.42. The maximum atomic E-state index is 13.1. The molecule has 0 aliphatic carbocycles. The number of halogens is 1. The van der Waals surface area contributed by atoms with Crippen molar-refractivity contribution in [3.63, 3.8) is 0 Å². The molecule has 4 nitrogen and oxygen atoms in total. The monoisotopic (exact) mass is 278 g/mol. The van der Waals surface area contributed by atoms with Gasteiger partial charge < -0.3 is 15.5 Å². The fourth-order valence-electron chi connectivity index (χ4n) is 1.61. The molecule has 0 aliphatic rings. The van der Waals surface area contributed by atoms with Crippen molar-refractivity contribution in [3.05, 3.63) is 53.2 Å². The molecule has 3 N–H and O–H groups in total. The van der Waals surface area contributed by atoms with Gasteiger partial charge in [0, 0.05) is 11.1 Å². The summed E-state index contributed by atoms with van der Waals surface area (Å²) in [6, 6.07) is 5.47. The van der Waals surface area contributed by atoms with Gasteiger partial charge in [-0.15, -0.1) is 0 Å². The fourth-order valence-corrected chi connectivity index (χ4v) is 1.78. The minimum Gasteiger partial charge on any atom is -0.459 e. The van der Waals surface area contributed by atoms with Gasteiger partial charge in [-0.25, -0.2) is 4.39 Å². The van der Waals surface area contributed by atoms with Gasteiger partial charge in [-0.3, -0.25) is 4.79 Å². The smallest absolute Gasteiger partial charge is 0.291 e. The summed E-state index contributed by atoms with van der Waals surface area (Å²) in [6.45, 7) is 1.75. The Balaban J connectivity index is 2.32. The van der Waals surface area contributed by atoms with E-state index in [2.05, 4.69) is 5.32 Å². The summed E-state index contributed by atoms with van der Waals surface area (Å²) in [7, 11) is 0. The number of benzene rings is 1. The van der Waals surface area contributed by atoms with Crippen LogP contribution in [0.15, 0.2) is 34.9 Å². The highest BCUT2D eigenvalue weighted by Gasteiger charge is 2.15. The van der Waals surface area contributed by atoms with Crippen LogP contribution in [0.5, 0.6) is 0 Å². The number of carbonyl (C=O) groups is 1. The number of hydrogen-bond donors (Lipinski definition) is 2. The first-order valence-electron chi connectivity index (χ1n) is 5.44. The molecule has 1 heterocycles. The number of amides is 1. The summed E-state index contributed by atoms with van der Waals surface area (Å²) in [5, 5.41) is 2.60. The van der Waals surface area contributed by atoms with Crippen molar-refractivity contribution in [1.82, 2.24) is 0 Å². The summed E-state index contributed by atoms with van der Waals surface area (Å²) >= 11 is 4.82. The van der Waals surface area contributed by atoms with Crippen LogP contribution in [0.2, 0.25) is 0 Å². The third kappa shape index (κ3) is 2.79. The molecule has 98 valence electrons. The minimum atomic E-state index is -0.477. The quantitative estimate of drug-likeness (QED) is 0.847. The Kier molecular flexibility index (Phi) is 3.62. The van der Waals surface area contributed by atoms with E-state index in [9.17, 15) is 9.18 Å². The van der Waals surface area contributed by atoms with Crippen molar-refractivity contribution >= 4 is 28.8 Å². The van der Waals surface area contributed by atoms with E-state index in [0.29, 0.717) is 11.3 Å². The van der Waals surface area contributed by atoms with Crippen LogP contribution in [0.1, 0.15) is 21.7 Å². The maximum Gasteiger partial charge on any atom is 0.291 e. The molecule has 0 atom stereocenters. The second kappa shape index (κ2) is 5.19. The summed E-state index contributed by atoms with van der Waals surface area (Å²) in [5.41, 5.74) is 6.82. The molecule has 0 unspecified atom stereocenters. The molecule has 1 amide bonds. The van der Waals surface area contributed by atoms with E-state index in [1.54, 1.807) is 13.0 Å². The number of nitrogens with one attached hydrogen (secondary N) is 1. The van der Waals surface area contributed by atoms with Crippen molar-refractivity contribution in [1.29, 1.82) is 0 Å². The number of thiocarbonyl (C=S) groups is 1. The summed E-state index contributed by atoms with van der Waals surface area (Å²) < 4.78 is 18.2. The molecule has 1 aromatic heterocycles. The van der Waals surface area contributed by atoms with Gasteiger partial charge in [0.1, 0.15) is 10.8 Å². The van der Waals surface area contributed by atoms with Gasteiger partial charge in [0.15, 0.2) is 5.76 Å². The fraction of sp³-hybridized carbons (Fsp3) is 0.0769. The molecule has 0 fully saturated rings. The molecule has 2 aromatic rings. The summed E-state index contributed by atoms with van der Waals surface area (Å²) in [4.78, 5) is 12.0. The summed E-state index contributed by atoms with van der Waals surface area (Å²) in [5.74, 6) is -0.722. The van der Waals surface area contributed by atoms with E-state index in [1.807, 2.05) is 0 Å². The third-order valence-electron chi connectivity index (χ3n) is 2.56. The average Bonchev–Trinajstić information content (AvgIpc) is 2.77. The number of anilines is 1. The molecule has 0 bridgehead atoms. The Morgan fingerprint density at radius 1 is 1.42 bits per heavy atom. The highest BCUT2D eigenvalue weighted by molar-refractivity contribution is 7.80. The van der Waals surface area contributed by atoms with Crippen molar-refractivity contribution < 1.29 is 13.6 Å². The van der Waals surface area contributed by atoms with Gasteiger partial charge in [-0.05, 0) is 31.2 Å². The molecule has 2 rings (SSSR count). The lowest BCUT2D eigenvalue weighted by Crippen LogP contribution is -2.18. The first-order chi connectivity index (χ1) is 8.99. The zero-order valence-electron chi connectivity index (χ0n) is 10.1. The Morgan fingerprint density at radius 2 is 2.16 bits per heavy atom. The van der Waals surface area contributed by atoms with Crippen LogP contribution >= 0.6 is 12.2 Å². The van der Waals surface area contributed by atoms with Crippen LogP contribution in [-0.2, 0) is 0 Å². The van der Waals surface area contributed by atoms with Crippen molar-refractivity contribution in [3.8, 4) is 0 Å². The van der Waals surface area contributed by atoms with Crippen LogP contribution in [0.3, 0.4) is 0 Å². The van der Waals surface area contributed by atoms with Crippen molar-refractivity contribution in [2.75, 3.05) is 5.32 Å². The number of furan rings is 1. The van der Waals surface area contributed by atoms with Crippen LogP contribution in [0.4, 0.5) is 10.1 Å².